The van der Waals surface area contributed by atoms with Crippen LogP contribution in [0.2, 0.25) is 0 Å². The van der Waals surface area contributed by atoms with Gasteiger partial charge in [0, 0.05) is 0 Å². The molecule has 0 spiro atoms. The average molecular weight is 447 g/mol. The van der Waals surface area contributed by atoms with Crippen molar-refractivity contribution in [1.29, 1.82) is 0 Å². The van der Waals surface area contributed by atoms with Gasteiger partial charge in [0.15, 0.2) is 0 Å². The van der Waals surface area contributed by atoms with E-state index in [-0.39, 0.29) is 9.82 Å². The minimum absolute atomic E-state index is 0.0279. The van der Waals surface area contributed by atoms with Gasteiger partial charge in [0.2, 0.25) is 0 Å². The summed E-state index contributed by atoms with van der Waals surface area (Å²) in [6, 6.07) is 11.4. The molecule has 0 radical (unpaired) electrons. The van der Waals surface area contributed by atoms with E-state index in [2.05, 4.69) is 99.1 Å². The molecule has 0 amide bonds. The third-order valence-electron chi connectivity index (χ3n) is 5.71. The molecular formula is C22H32Cl2CrN2. The Bertz CT molecular complexity index is 732. The number of allylic oxidation sites excluding steroid dienone is 4. The van der Waals surface area contributed by atoms with E-state index in [1.807, 2.05) is 0 Å². The van der Waals surface area contributed by atoms with Crippen LogP contribution in [0, 0.1) is 5.41 Å². The van der Waals surface area contributed by atoms with Gasteiger partial charge in [-0.25, -0.2) is 0 Å². The van der Waals surface area contributed by atoms with Crippen LogP contribution in [0.1, 0.15) is 59.9 Å². The first-order chi connectivity index (χ1) is 12.6. The molecule has 1 aliphatic heterocycles. The van der Waals surface area contributed by atoms with Gasteiger partial charge in [0.1, 0.15) is 0 Å². The van der Waals surface area contributed by atoms with E-state index >= 15 is 0 Å². The van der Waals surface area contributed by atoms with Crippen molar-refractivity contribution in [1.82, 2.24) is 9.00 Å². The van der Waals surface area contributed by atoms with Crippen molar-refractivity contribution < 1.29 is 11.5 Å². The van der Waals surface area contributed by atoms with Crippen molar-refractivity contribution >= 4 is 20.1 Å². The Kier molecular flexibility index (Phi) is 5.98. The molecule has 1 aromatic rings. The summed E-state index contributed by atoms with van der Waals surface area (Å²) in [4.78, 5) is 0. The van der Waals surface area contributed by atoms with E-state index in [0.717, 1.165) is 12.8 Å². The van der Waals surface area contributed by atoms with E-state index in [0.29, 0.717) is 12.1 Å². The molecule has 0 bridgehead atoms. The topological polar surface area (TPSA) is 6.25 Å². The number of hydrogen-bond donors (Lipinski definition) is 0. The van der Waals surface area contributed by atoms with Crippen LogP contribution in [-0.4, -0.2) is 21.1 Å². The average Bonchev–Trinajstić information content (AvgIpc) is 3.00. The van der Waals surface area contributed by atoms with Crippen LogP contribution in [0.25, 0.3) is 0 Å². The maximum atomic E-state index is 7.23. The fraction of sp³-hybridized carbons (Fsp3) is 0.545. The molecule has 1 saturated heterocycles. The Morgan fingerprint density at radius 3 is 2.19 bits per heavy atom. The first-order valence-corrected chi connectivity index (χ1v) is 14.5. The molecule has 2 unspecified atom stereocenters. The van der Waals surface area contributed by atoms with Gasteiger partial charge in [-0.3, -0.25) is 0 Å². The monoisotopic (exact) mass is 446 g/mol. The van der Waals surface area contributed by atoms with Crippen LogP contribution in [-0.2, 0) is 15.9 Å². The molecule has 2 atom stereocenters. The third-order valence-corrected chi connectivity index (χ3v) is 12.2. The van der Waals surface area contributed by atoms with Gasteiger partial charge < -0.3 is 0 Å². The molecule has 27 heavy (non-hydrogen) atoms. The zero-order chi connectivity index (χ0) is 20.0. The standard InChI is InChI=1S/C22H32N2.2ClH.Cr/c1-17(2)24(18(3)4)23-21(19-12-8-7-9-13-19)16-22(5,6)20-14-10-11-15-20;;;/h7-14,17-18H,15-16H2,1-6H3;2*1H;/q-1;;;+3/p-2. The number of hydrazine groups is 1. The number of nitrogens with zero attached hydrogens (tertiary/aromatic N) is 2. The van der Waals surface area contributed by atoms with E-state index in [4.69, 9.17) is 20.1 Å². The van der Waals surface area contributed by atoms with Crippen molar-refractivity contribution in [2.75, 3.05) is 0 Å². The van der Waals surface area contributed by atoms with Crippen LogP contribution in [0.15, 0.2) is 54.1 Å². The predicted octanol–water partition coefficient (Wildman–Crippen LogP) is 6.87. The van der Waals surface area contributed by atoms with Gasteiger partial charge in [-0.15, -0.1) is 0 Å². The summed E-state index contributed by atoms with van der Waals surface area (Å²) in [5, 5.41) is 2.41. The minimum atomic E-state index is -2.92. The molecule has 1 heterocycles. The van der Waals surface area contributed by atoms with Crippen molar-refractivity contribution in [2.45, 2.75) is 70.9 Å². The summed E-state index contributed by atoms with van der Waals surface area (Å²) < 4.78 is 2.09. The van der Waals surface area contributed by atoms with Crippen molar-refractivity contribution in [3.05, 3.63) is 59.7 Å². The summed E-state index contributed by atoms with van der Waals surface area (Å²) in [6.45, 7) is 13.6. The molecule has 0 N–H and O–H groups in total. The van der Waals surface area contributed by atoms with E-state index in [1.54, 1.807) is 0 Å². The molecule has 150 valence electrons. The van der Waals surface area contributed by atoms with Gasteiger partial charge >= 0.3 is 177 Å². The first kappa shape index (κ1) is 21.4. The number of halogens is 2. The zero-order valence-corrected chi connectivity index (χ0v) is 20.0. The normalized spacial score (nSPS) is 28.1. The first-order valence-electron chi connectivity index (χ1n) is 9.78. The Morgan fingerprint density at radius 2 is 1.70 bits per heavy atom. The van der Waals surface area contributed by atoms with Crippen molar-refractivity contribution in [3.63, 3.8) is 0 Å². The molecule has 1 aromatic carbocycles. The Morgan fingerprint density at radius 1 is 1.11 bits per heavy atom. The molecule has 0 aromatic heterocycles. The molecule has 0 saturated carbocycles. The second-order valence-electron chi connectivity index (χ2n) is 8.82. The molecule has 1 fully saturated rings. The predicted molar refractivity (Wildman–Crippen MR) is 114 cm³/mol. The van der Waals surface area contributed by atoms with Crippen LogP contribution >= 0.6 is 20.1 Å². The SMILES string of the molecule is CC(C)N(C(C)C)[N]1[C](CC(C)(C)C2=CC=CC2)(c2ccccc2)[Cr]1([Cl])[Cl]. The quantitative estimate of drug-likeness (QED) is 0.421. The van der Waals surface area contributed by atoms with Gasteiger partial charge in [-0.1, -0.05) is 0 Å². The number of benzene rings is 1. The van der Waals surface area contributed by atoms with Gasteiger partial charge in [0.05, 0.1) is 0 Å². The Hall–Kier alpha value is -0.268. The number of hydrogen-bond acceptors (Lipinski definition) is 2. The van der Waals surface area contributed by atoms with Gasteiger partial charge in [-0.05, 0) is 0 Å². The van der Waals surface area contributed by atoms with Gasteiger partial charge in [0.25, 0.3) is 0 Å². The molecule has 2 nitrogen and oxygen atoms in total. The molecule has 2 aliphatic rings. The fourth-order valence-electron chi connectivity index (χ4n) is 4.45. The summed E-state index contributed by atoms with van der Waals surface area (Å²) in [7, 11) is 14.5. The molecule has 1 aliphatic carbocycles. The van der Waals surface area contributed by atoms with Crippen LogP contribution in [0.5, 0.6) is 0 Å². The van der Waals surface area contributed by atoms with Crippen LogP contribution < -0.4 is 0 Å². The van der Waals surface area contributed by atoms with Crippen LogP contribution in [0.4, 0.5) is 0 Å². The molecule has 3 rings (SSSR count). The second kappa shape index (κ2) is 7.53. The van der Waals surface area contributed by atoms with Gasteiger partial charge in [-0.2, -0.15) is 0 Å². The van der Waals surface area contributed by atoms with Crippen LogP contribution in [0.3, 0.4) is 0 Å². The fourth-order valence-corrected chi connectivity index (χ4v) is 12.2. The Labute approximate surface area is 176 Å². The van der Waals surface area contributed by atoms with E-state index in [9.17, 15) is 0 Å². The van der Waals surface area contributed by atoms with Crippen molar-refractivity contribution in [2.24, 2.45) is 5.41 Å². The van der Waals surface area contributed by atoms with E-state index < -0.39 is 11.5 Å². The van der Waals surface area contributed by atoms with E-state index in [1.165, 1.54) is 11.1 Å². The second-order valence-corrected chi connectivity index (χ2v) is 16.1. The summed E-state index contributed by atoms with van der Waals surface area (Å²) in [5.74, 6) is 0. The summed E-state index contributed by atoms with van der Waals surface area (Å²) in [6.07, 6.45) is 8.62. The van der Waals surface area contributed by atoms with Crippen molar-refractivity contribution in [3.8, 4) is 0 Å². The summed E-state index contributed by atoms with van der Waals surface area (Å²) in [5.41, 5.74) is 2.74. The molecular weight excluding hydrogens is 415 g/mol. The maximum absolute atomic E-state index is 7.23. The zero-order valence-electron chi connectivity index (χ0n) is 17.2. The number of rotatable bonds is 7. The molecule has 5 heteroatoms. The summed E-state index contributed by atoms with van der Waals surface area (Å²) >= 11 is -2.92. The Balaban J connectivity index is 2.07. The third kappa shape index (κ3) is 3.57.